The van der Waals surface area contributed by atoms with E-state index in [1.807, 2.05) is 0 Å². The number of phenolic OH excluding ortho intramolecular Hbond substituents is 2. The molecule has 0 aliphatic heterocycles. The van der Waals surface area contributed by atoms with Gasteiger partial charge < -0.3 is 26.2 Å². The molecule has 0 amide bonds. The highest BCUT2D eigenvalue weighted by molar-refractivity contribution is 5.27. The first-order chi connectivity index (χ1) is 12.0. The molecular formula is C18H20N4O3. The van der Waals surface area contributed by atoms with E-state index in [1.165, 1.54) is 0 Å². The lowest BCUT2D eigenvalue weighted by Crippen LogP contribution is -2.17. The van der Waals surface area contributed by atoms with E-state index >= 15 is 0 Å². The highest BCUT2D eigenvalue weighted by Gasteiger charge is 2.19. The largest absolute Gasteiger partial charge is 0.508 e. The van der Waals surface area contributed by atoms with Gasteiger partial charge in [-0.05, 0) is 48.2 Å². The number of phenols is 2. The maximum Gasteiger partial charge on any atom is 0.243 e. The molecule has 130 valence electrons. The fourth-order valence-corrected chi connectivity index (χ4v) is 2.50. The van der Waals surface area contributed by atoms with E-state index in [2.05, 4.69) is 10.1 Å². The monoisotopic (exact) mass is 340 g/mol. The predicted octanol–water partition coefficient (Wildman–Crippen LogP) is 1.97. The molecule has 0 aliphatic rings. The molecule has 0 radical (unpaired) electrons. The molecule has 6 N–H and O–H groups in total. The zero-order chi connectivity index (χ0) is 17.8. The molecule has 0 bridgehead atoms. The van der Waals surface area contributed by atoms with Gasteiger partial charge in [0.1, 0.15) is 11.5 Å². The van der Waals surface area contributed by atoms with Crippen molar-refractivity contribution in [2.45, 2.75) is 24.9 Å². The number of nitrogens with two attached hydrogens (primary N) is 2. The third kappa shape index (κ3) is 4.34. The first kappa shape index (κ1) is 16.9. The van der Waals surface area contributed by atoms with Crippen molar-refractivity contribution >= 4 is 0 Å². The first-order valence-electron chi connectivity index (χ1n) is 7.92. The Bertz CT molecular complexity index is 747. The SMILES string of the molecule is N[C@@H](Cc1ccc(O)cc1)c1noc([C@@H](N)Cc2ccc(O)cc2)n1. The third-order valence-corrected chi connectivity index (χ3v) is 3.89. The summed E-state index contributed by atoms with van der Waals surface area (Å²) in [5.41, 5.74) is 14.2. The van der Waals surface area contributed by atoms with E-state index in [4.69, 9.17) is 16.0 Å². The first-order valence-corrected chi connectivity index (χ1v) is 7.92. The number of benzene rings is 2. The Balaban J connectivity index is 1.64. The molecular weight excluding hydrogens is 320 g/mol. The maximum atomic E-state index is 9.31. The highest BCUT2D eigenvalue weighted by atomic mass is 16.5. The molecule has 3 aromatic rings. The Morgan fingerprint density at radius 3 is 1.80 bits per heavy atom. The zero-order valence-electron chi connectivity index (χ0n) is 13.5. The summed E-state index contributed by atoms with van der Waals surface area (Å²) in [5, 5.41) is 22.5. The van der Waals surface area contributed by atoms with Crippen LogP contribution in [-0.4, -0.2) is 20.4 Å². The van der Waals surface area contributed by atoms with E-state index in [1.54, 1.807) is 48.5 Å². The Morgan fingerprint density at radius 1 is 0.800 bits per heavy atom. The molecule has 1 aromatic heterocycles. The van der Waals surface area contributed by atoms with Crippen molar-refractivity contribution in [1.82, 2.24) is 10.1 Å². The van der Waals surface area contributed by atoms with E-state index in [0.29, 0.717) is 24.6 Å². The molecule has 7 heteroatoms. The summed E-state index contributed by atoms with van der Waals surface area (Å²) in [5.74, 6) is 1.13. The van der Waals surface area contributed by atoms with Crippen molar-refractivity contribution in [2.24, 2.45) is 11.5 Å². The Hall–Kier alpha value is -2.90. The Morgan fingerprint density at radius 2 is 1.28 bits per heavy atom. The van der Waals surface area contributed by atoms with Crippen molar-refractivity contribution in [3.05, 3.63) is 71.4 Å². The van der Waals surface area contributed by atoms with E-state index in [0.717, 1.165) is 11.1 Å². The normalized spacial score (nSPS) is 13.5. The minimum atomic E-state index is -0.452. The summed E-state index contributed by atoms with van der Waals surface area (Å²) < 4.78 is 5.24. The van der Waals surface area contributed by atoms with Crippen LogP contribution in [0.5, 0.6) is 11.5 Å². The van der Waals surface area contributed by atoms with Gasteiger partial charge in [-0.3, -0.25) is 0 Å². The van der Waals surface area contributed by atoms with Crippen LogP contribution in [0, 0.1) is 0 Å². The van der Waals surface area contributed by atoms with E-state index in [9.17, 15) is 10.2 Å². The van der Waals surface area contributed by atoms with Crippen LogP contribution in [0.4, 0.5) is 0 Å². The fourth-order valence-electron chi connectivity index (χ4n) is 2.50. The van der Waals surface area contributed by atoms with E-state index < -0.39 is 12.1 Å². The molecule has 3 rings (SSSR count). The predicted molar refractivity (Wildman–Crippen MR) is 91.8 cm³/mol. The van der Waals surface area contributed by atoms with Crippen molar-refractivity contribution in [2.75, 3.05) is 0 Å². The smallest absolute Gasteiger partial charge is 0.243 e. The van der Waals surface area contributed by atoms with Crippen LogP contribution in [0.3, 0.4) is 0 Å². The second-order valence-electron chi connectivity index (χ2n) is 5.94. The maximum absolute atomic E-state index is 9.31. The van der Waals surface area contributed by atoms with Gasteiger partial charge in [0.05, 0.1) is 12.1 Å². The number of rotatable bonds is 6. The van der Waals surface area contributed by atoms with Gasteiger partial charge in [-0.15, -0.1) is 0 Å². The summed E-state index contributed by atoms with van der Waals surface area (Å²) in [7, 11) is 0. The van der Waals surface area contributed by atoms with Gasteiger partial charge in [-0.2, -0.15) is 4.98 Å². The van der Waals surface area contributed by atoms with Gasteiger partial charge in [-0.1, -0.05) is 29.4 Å². The number of hydrogen-bond acceptors (Lipinski definition) is 7. The topological polar surface area (TPSA) is 131 Å². The van der Waals surface area contributed by atoms with Crippen molar-refractivity contribution in [1.29, 1.82) is 0 Å². The lowest BCUT2D eigenvalue weighted by Gasteiger charge is -2.08. The summed E-state index contributed by atoms with van der Waals surface area (Å²) in [6.45, 7) is 0. The van der Waals surface area contributed by atoms with Crippen molar-refractivity contribution in [3.63, 3.8) is 0 Å². The van der Waals surface area contributed by atoms with Crippen LogP contribution < -0.4 is 11.5 Å². The molecule has 25 heavy (non-hydrogen) atoms. The van der Waals surface area contributed by atoms with Gasteiger partial charge in [0, 0.05) is 0 Å². The average Bonchev–Trinajstić information content (AvgIpc) is 3.09. The van der Waals surface area contributed by atoms with Crippen LogP contribution in [0.1, 0.15) is 34.9 Å². The lowest BCUT2D eigenvalue weighted by atomic mass is 10.1. The van der Waals surface area contributed by atoms with Gasteiger partial charge in [0.2, 0.25) is 5.89 Å². The molecule has 2 aromatic carbocycles. The van der Waals surface area contributed by atoms with Crippen LogP contribution in [0.15, 0.2) is 53.1 Å². The number of hydrogen-bond donors (Lipinski definition) is 4. The van der Waals surface area contributed by atoms with Gasteiger partial charge in [0.25, 0.3) is 0 Å². The van der Waals surface area contributed by atoms with E-state index in [-0.39, 0.29) is 11.5 Å². The van der Waals surface area contributed by atoms with Crippen LogP contribution in [0.2, 0.25) is 0 Å². The molecule has 1 heterocycles. The van der Waals surface area contributed by atoms with Gasteiger partial charge >= 0.3 is 0 Å². The van der Waals surface area contributed by atoms with Crippen molar-refractivity contribution < 1.29 is 14.7 Å². The fraction of sp³-hybridized carbons (Fsp3) is 0.222. The lowest BCUT2D eigenvalue weighted by molar-refractivity contribution is 0.347. The summed E-state index contributed by atoms with van der Waals surface area (Å²) in [6, 6.07) is 12.7. The number of nitrogens with zero attached hydrogens (tertiary/aromatic N) is 2. The second-order valence-corrected chi connectivity index (χ2v) is 5.94. The molecule has 0 fully saturated rings. The van der Waals surface area contributed by atoms with Crippen molar-refractivity contribution in [3.8, 4) is 11.5 Å². The minimum absolute atomic E-state index is 0.206. The number of aromatic hydroxyl groups is 2. The molecule has 7 nitrogen and oxygen atoms in total. The van der Waals surface area contributed by atoms with Gasteiger partial charge in [0.15, 0.2) is 5.82 Å². The van der Waals surface area contributed by atoms with Crippen LogP contribution in [-0.2, 0) is 12.8 Å². The summed E-state index contributed by atoms with van der Waals surface area (Å²) in [4.78, 5) is 4.31. The molecule has 0 aliphatic carbocycles. The molecule has 2 atom stereocenters. The van der Waals surface area contributed by atoms with Crippen LogP contribution in [0.25, 0.3) is 0 Å². The van der Waals surface area contributed by atoms with Crippen LogP contribution >= 0.6 is 0 Å². The molecule has 0 unspecified atom stereocenters. The molecule has 0 saturated carbocycles. The Labute approximate surface area is 144 Å². The van der Waals surface area contributed by atoms with Gasteiger partial charge in [-0.25, -0.2) is 0 Å². The quantitative estimate of drug-likeness (QED) is 0.539. The average molecular weight is 340 g/mol. The summed E-state index contributed by atoms with van der Waals surface area (Å²) >= 11 is 0. The Kier molecular flexibility index (Phi) is 4.97. The highest BCUT2D eigenvalue weighted by Crippen LogP contribution is 2.20. The minimum Gasteiger partial charge on any atom is -0.508 e. The number of aromatic nitrogens is 2. The standard InChI is InChI=1S/C18H20N4O3/c19-15(9-11-1-5-13(23)6-2-11)17-21-18(25-22-17)16(20)10-12-3-7-14(24)8-4-12/h1-8,15-16,23-24H,9-10,19-20H2/t15-,16-/m0/s1. The summed E-state index contributed by atoms with van der Waals surface area (Å²) in [6.07, 6.45) is 1.03. The molecule has 0 spiro atoms. The molecule has 0 saturated heterocycles. The zero-order valence-corrected chi connectivity index (χ0v) is 13.5. The second kappa shape index (κ2) is 7.33. The third-order valence-electron chi connectivity index (χ3n) is 3.89.